The Morgan fingerprint density at radius 3 is 2.48 bits per heavy atom. The van der Waals surface area contributed by atoms with Crippen LogP contribution in [-0.2, 0) is 17.6 Å². The average Bonchev–Trinajstić information content (AvgIpc) is 3.34. The van der Waals surface area contributed by atoms with Gasteiger partial charge in [0, 0.05) is 0 Å². The lowest BCUT2D eigenvalue weighted by Crippen LogP contribution is -2.23. The molecule has 1 atom stereocenters. The van der Waals surface area contributed by atoms with E-state index in [-0.39, 0.29) is 5.60 Å². The highest BCUT2D eigenvalue weighted by Gasteiger charge is 2.47. The fourth-order valence-electron chi connectivity index (χ4n) is 3.80. The van der Waals surface area contributed by atoms with Crippen molar-refractivity contribution in [3.63, 3.8) is 0 Å². The first-order valence-corrected chi connectivity index (χ1v) is 9.11. The molecule has 1 aliphatic carbocycles. The summed E-state index contributed by atoms with van der Waals surface area (Å²) in [6.45, 7) is 2.20. The number of benzene rings is 2. The third-order valence-electron chi connectivity index (χ3n) is 5.46. The van der Waals surface area contributed by atoms with E-state index in [0.29, 0.717) is 6.10 Å². The zero-order valence-electron chi connectivity index (χ0n) is 14.1. The van der Waals surface area contributed by atoms with E-state index in [1.807, 2.05) is 0 Å². The second-order valence-electron chi connectivity index (χ2n) is 7.27. The van der Waals surface area contributed by atoms with E-state index in [4.69, 9.17) is 4.74 Å². The smallest absolute Gasteiger partial charge is 0.0832 e. The summed E-state index contributed by atoms with van der Waals surface area (Å²) in [5.41, 5.74) is 5.83. The first-order chi connectivity index (χ1) is 11.3. The number of hydrogen-bond donors (Lipinski definition) is 0. The zero-order valence-corrected chi connectivity index (χ0v) is 14.1. The standard InChI is InChI=1S/C22H26O/c1-2-17-8-10-18(11-9-17)15-19-5-3-6-20(16-19)21-7-4-12-22(23-21)13-14-22/h3,5-6,8-11,16,21H,2,4,7,12-15H2,1H3. The molecule has 0 aromatic heterocycles. The number of rotatable bonds is 4. The van der Waals surface area contributed by atoms with Crippen LogP contribution in [0.2, 0.25) is 0 Å². The molecule has 1 saturated heterocycles. The molecule has 1 heteroatoms. The Morgan fingerprint density at radius 1 is 0.957 bits per heavy atom. The molecule has 0 bridgehead atoms. The van der Waals surface area contributed by atoms with Crippen LogP contribution in [-0.4, -0.2) is 5.60 Å². The Labute approximate surface area is 139 Å². The van der Waals surface area contributed by atoms with E-state index in [1.54, 1.807) is 0 Å². The third-order valence-corrected chi connectivity index (χ3v) is 5.46. The molecule has 2 fully saturated rings. The van der Waals surface area contributed by atoms with Crippen molar-refractivity contribution in [3.8, 4) is 0 Å². The summed E-state index contributed by atoms with van der Waals surface area (Å²) in [7, 11) is 0. The van der Waals surface area contributed by atoms with Gasteiger partial charge in [-0.3, -0.25) is 0 Å². The first kappa shape index (κ1) is 15.0. The van der Waals surface area contributed by atoms with Crippen molar-refractivity contribution in [2.24, 2.45) is 0 Å². The predicted octanol–water partition coefficient (Wildman–Crippen LogP) is 5.61. The van der Waals surface area contributed by atoms with Gasteiger partial charge in [0.2, 0.25) is 0 Å². The molecule has 1 nitrogen and oxygen atoms in total. The highest BCUT2D eigenvalue weighted by atomic mass is 16.5. The topological polar surface area (TPSA) is 9.23 Å². The minimum absolute atomic E-state index is 0.259. The van der Waals surface area contributed by atoms with Crippen molar-refractivity contribution in [2.45, 2.75) is 63.6 Å². The van der Waals surface area contributed by atoms with E-state index in [0.717, 1.165) is 12.8 Å². The quantitative estimate of drug-likeness (QED) is 0.713. The molecule has 1 saturated carbocycles. The molecule has 1 heterocycles. The summed E-state index contributed by atoms with van der Waals surface area (Å²) in [6, 6.07) is 18.1. The van der Waals surface area contributed by atoms with Crippen molar-refractivity contribution < 1.29 is 4.74 Å². The Kier molecular flexibility index (Phi) is 3.98. The van der Waals surface area contributed by atoms with Gasteiger partial charge in [0.15, 0.2) is 0 Å². The fraction of sp³-hybridized carbons (Fsp3) is 0.455. The van der Waals surface area contributed by atoms with E-state index in [9.17, 15) is 0 Å². The lowest BCUT2D eigenvalue weighted by Gasteiger charge is -2.30. The van der Waals surface area contributed by atoms with Gasteiger partial charge in [0.1, 0.15) is 0 Å². The number of ether oxygens (including phenoxy) is 1. The van der Waals surface area contributed by atoms with E-state index in [2.05, 4.69) is 55.5 Å². The molecule has 2 aromatic rings. The first-order valence-electron chi connectivity index (χ1n) is 9.11. The van der Waals surface area contributed by atoms with Gasteiger partial charge in [-0.05, 0) is 67.2 Å². The Hall–Kier alpha value is -1.60. The largest absolute Gasteiger partial charge is 0.367 e. The van der Waals surface area contributed by atoms with Crippen molar-refractivity contribution in [1.29, 1.82) is 0 Å². The lowest BCUT2D eigenvalue weighted by atomic mass is 9.94. The normalized spacial score (nSPS) is 22.2. The molecule has 23 heavy (non-hydrogen) atoms. The molecule has 1 spiro atoms. The Morgan fingerprint density at radius 2 is 1.74 bits per heavy atom. The minimum atomic E-state index is 0.259. The predicted molar refractivity (Wildman–Crippen MR) is 94.7 cm³/mol. The van der Waals surface area contributed by atoms with Crippen LogP contribution in [0.3, 0.4) is 0 Å². The van der Waals surface area contributed by atoms with Gasteiger partial charge in [-0.2, -0.15) is 0 Å². The maximum atomic E-state index is 6.41. The van der Waals surface area contributed by atoms with Gasteiger partial charge in [0.05, 0.1) is 11.7 Å². The molecule has 4 rings (SSSR count). The summed E-state index contributed by atoms with van der Waals surface area (Å²) >= 11 is 0. The van der Waals surface area contributed by atoms with Crippen LogP contribution in [0, 0.1) is 0 Å². The van der Waals surface area contributed by atoms with Gasteiger partial charge in [-0.15, -0.1) is 0 Å². The van der Waals surface area contributed by atoms with Gasteiger partial charge in [-0.1, -0.05) is 55.5 Å². The minimum Gasteiger partial charge on any atom is -0.367 e. The Balaban J connectivity index is 1.49. The molecule has 0 amide bonds. The molecular weight excluding hydrogens is 280 g/mol. The summed E-state index contributed by atoms with van der Waals surface area (Å²) in [6.07, 6.45) is 8.73. The van der Waals surface area contributed by atoms with Crippen molar-refractivity contribution in [3.05, 3.63) is 70.8 Å². The molecule has 2 aromatic carbocycles. The van der Waals surface area contributed by atoms with Crippen LogP contribution in [0.1, 0.15) is 67.4 Å². The maximum absolute atomic E-state index is 6.41. The molecule has 1 aliphatic heterocycles. The zero-order chi connectivity index (χ0) is 15.7. The van der Waals surface area contributed by atoms with Crippen LogP contribution < -0.4 is 0 Å². The molecule has 120 valence electrons. The summed E-state index contributed by atoms with van der Waals surface area (Å²) in [5, 5.41) is 0. The molecule has 0 N–H and O–H groups in total. The summed E-state index contributed by atoms with van der Waals surface area (Å²) in [5.74, 6) is 0. The summed E-state index contributed by atoms with van der Waals surface area (Å²) in [4.78, 5) is 0. The number of aryl methyl sites for hydroxylation is 1. The maximum Gasteiger partial charge on any atom is 0.0832 e. The van der Waals surface area contributed by atoms with Crippen molar-refractivity contribution in [2.75, 3.05) is 0 Å². The molecule has 2 aliphatic rings. The van der Waals surface area contributed by atoms with E-state index >= 15 is 0 Å². The fourth-order valence-corrected chi connectivity index (χ4v) is 3.80. The van der Waals surface area contributed by atoms with Gasteiger partial charge in [0.25, 0.3) is 0 Å². The number of hydrogen-bond acceptors (Lipinski definition) is 1. The molecular formula is C22H26O. The third kappa shape index (κ3) is 3.35. The highest BCUT2D eigenvalue weighted by Crippen LogP contribution is 2.51. The van der Waals surface area contributed by atoms with Gasteiger partial charge >= 0.3 is 0 Å². The SMILES string of the molecule is CCc1ccc(Cc2cccc(C3CCCC4(CC4)O3)c2)cc1. The van der Waals surface area contributed by atoms with Crippen LogP contribution in [0.5, 0.6) is 0 Å². The van der Waals surface area contributed by atoms with Crippen LogP contribution in [0.15, 0.2) is 48.5 Å². The second-order valence-corrected chi connectivity index (χ2v) is 7.27. The second kappa shape index (κ2) is 6.13. The molecule has 1 unspecified atom stereocenters. The van der Waals surface area contributed by atoms with Crippen LogP contribution >= 0.6 is 0 Å². The Bertz CT molecular complexity index is 667. The average molecular weight is 306 g/mol. The van der Waals surface area contributed by atoms with Gasteiger partial charge < -0.3 is 4.74 Å². The lowest BCUT2D eigenvalue weighted by molar-refractivity contribution is -0.0692. The monoisotopic (exact) mass is 306 g/mol. The molecule has 0 radical (unpaired) electrons. The van der Waals surface area contributed by atoms with Crippen molar-refractivity contribution >= 4 is 0 Å². The van der Waals surface area contributed by atoms with E-state index < -0.39 is 0 Å². The van der Waals surface area contributed by atoms with Crippen LogP contribution in [0.25, 0.3) is 0 Å². The van der Waals surface area contributed by atoms with Crippen molar-refractivity contribution in [1.82, 2.24) is 0 Å². The van der Waals surface area contributed by atoms with Crippen LogP contribution in [0.4, 0.5) is 0 Å². The van der Waals surface area contributed by atoms with Gasteiger partial charge in [-0.25, -0.2) is 0 Å². The van der Waals surface area contributed by atoms with E-state index in [1.165, 1.54) is 54.4 Å². The highest BCUT2D eigenvalue weighted by molar-refractivity contribution is 5.32. The summed E-state index contributed by atoms with van der Waals surface area (Å²) < 4.78 is 6.41.